The Balaban J connectivity index is 1.54. The molecule has 0 amide bonds. The van der Waals surface area contributed by atoms with Crippen molar-refractivity contribution in [1.82, 2.24) is 0 Å². The van der Waals surface area contributed by atoms with Crippen molar-refractivity contribution in [2.24, 2.45) is 52.3 Å². The van der Waals surface area contributed by atoms with Gasteiger partial charge in [0.15, 0.2) is 5.78 Å². The van der Waals surface area contributed by atoms with Gasteiger partial charge in [0.2, 0.25) is 0 Å². The van der Waals surface area contributed by atoms with Crippen LogP contribution in [0.2, 0.25) is 0 Å². The van der Waals surface area contributed by atoms with E-state index in [-0.39, 0.29) is 17.3 Å². The lowest BCUT2D eigenvalue weighted by Crippen LogP contribution is -2.54. The van der Waals surface area contributed by atoms with Gasteiger partial charge in [0.05, 0.1) is 0 Å². The van der Waals surface area contributed by atoms with Gasteiger partial charge in [0.1, 0.15) is 6.10 Å². The van der Waals surface area contributed by atoms with E-state index in [0.717, 1.165) is 48.0 Å². The van der Waals surface area contributed by atoms with E-state index in [1.165, 1.54) is 38.5 Å². The number of carbonyl (C=O) groups is 1. The van der Waals surface area contributed by atoms with Crippen molar-refractivity contribution in [2.75, 3.05) is 0 Å². The van der Waals surface area contributed by atoms with Gasteiger partial charge in [-0.1, -0.05) is 54.4 Å². The van der Waals surface area contributed by atoms with Crippen molar-refractivity contribution < 1.29 is 14.9 Å². The van der Waals surface area contributed by atoms with Crippen molar-refractivity contribution in [2.45, 2.75) is 105 Å². The fraction of sp³-hybridized carbons (Fsp3) is 0.893. The molecule has 0 aromatic carbocycles. The molecule has 9 atom stereocenters. The number of fused-ring (bicyclic) bond motifs is 5. The predicted molar refractivity (Wildman–Crippen MR) is 125 cm³/mol. The van der Waals surface area contributed by atoms with Crippen LogP contribution in [0.3, 0.4) is 0 Å². The topological polar surface area (TPSA) is 46.5 Å². The summed E-state index contributed by atoms with van der Waals surface area (Å²) < 4.78 is 0. The van der Waals surface area contributed by atoms with Gasteiger partial charge in [-0.05, 0) is 102 Å². The normalized spacial score (nSPS) is 44.3. The van der Waals surface area contributed by atoms with Crippen molar-refractivity contribution in [3.63, 3.8) is 0 Å². The molecule has 0 aliphatic heterocycles. The molecular formula is C28H46O3. The van der Waals surface area contributed by atoms with Crippen molar-refractivity contribution in [1.29, 1.82) is 0 Å². The van der Waals surface area contributed by atoms with E-state index in [1.807, 2.05) is 6.08 Å². The number of ketones is 1. The van der Waals surface area contributed by atoms with Crippen molar-refractivity contribution >= 4 is 5.78 Å². The fourth-order valence-electron chi connectivity index (χ4n) is 8.71. The summed E-state index contributed by atoms with van der Waals surface area (Å²) in [4.78, 5) is 17.2. The Bertz CT molecular complexity index is 711. The number of rotatable bonds is 6. The van der Waals surface area contributed by atoms with Crippen LogP contribution >= 0.6 is 0 Å². The lowest BCUT2D eigenvalue weighted by atomic mass is 9.46. The highest BCUT2D eigenvalue weighted by Crippen LogP contribution is 2.67. The SMILES string of the molecule is CC(C)[C@H](C)CC[C@@H](C)[C@H]1CC[C@H]2[C@@H]3C[C@@H](OO)C4=CC(=O)CC[C@]4(C)[C@H]3CC[C@]12C. The summed E-state index contributed by atoms with van der Waals surface area (Å²) in [5, 5.41) is 9.78. The molecule has 0 aromatic rings. The molecule has 0 heterocycles. The number of hydrogen-bond acceptors (Lipinski definition) is 3. The zero-order chi connectivity index (χ0) is 22.6. The standard InChI is InChI=1S/C28H46O3/c1-17(2)18(3)7-8-19(4)22-9-10-23-21-16-26(31-30)25-15-20(29)11-13-28(25,6)24(21)12-14-27(22,23)5/h15,17-19,21-24,26,30H,7-14,16H2,1-6H3/t18-,19-,21+,22-,23+,24+,26-,27-,28-/m1/s1. The Morgan fingerprint density at radius 1 is 1.06 bits per heavy atom. The summed E-state index contributed by atoms with van der Waals surface area (Å²) in [6, 6.07) is 0. The van der Waals surface area contributed by atoms with Crippen LogP contribution in [-0.2, 0) is 9.68 Å². The summed E-state index contributed by atoms with van der Waals surface area (Å²) in [7, 11) is 0. The quantitative estimate of drug-likeness (QED) is 0.355. The minimum absolute atomic E-state index is 0.0158. The fourth-order valence-corrected chi connectivity index (χ4v) is 8.71. The third-order valence-electron chi connectivity index (χ3n) is 11.1. The van der Waals surface area contributed by atoms with Gasteiger partial charge >= 0.3 is 0 Å². The highest BCUT2D eigenvalue weighted by molar-refractivity contribution is 5.91. The molecule has 4 aliphatic rings. The molecule has 4 aliphatic carbocycles. The van der Waals surface area contributed by atoms with E-state index in [9.17, 15) is 10.1 Å². The average molecular weight is 431 g/mol. The van der Waals surface area contributed by atoms with E-state index < -0.39 is 0 Å². The molecule has 0 unspecified atom stereocenters. The van der Waals surface area contributed by atoms with Crippen LogP contribution in [0.4, 0.5) is 0 Å². The molecule has 0 radical (unpaired) electrons. The van der Waals surface area contributed by atoms with Gasteiger partial charge in [-0.15, -0.1) is 0 Å². The van der Waals surface area contributed by atoms with E-state index in [2.05, 4.69) is 41.5 Å². The molecule has 4 rings (SSSR count). The third kappa shape index (κ3) is 3.86. The Hall–Kier alpha value is -0.670. The first-order valence-electron chi connectivity index (χ1n) is 13.2. The summed E-state index contributed by atoms with van der Waals surface area (Å²) >= 11 is 0. The first-order valence-corrected chi connectivity index (χ1v) is 13.2. The van der Waals surface area contributed by atoms with Gasteiger partial charge in [-0.25, -0.2) is 4.89 Å². The number of hydrogen-bond donors (Lipinski definition) is 1. The number of carbonyl (C=O) groups excluding carboxylic acids is 1. The molecule has 0 saturated heterocycles. The van der Waals surface area contributed by atoms with Crippen LogP contribution < -0.4 is 0 Å². The van der Waals surface area contributed by atoms with Gasteiger partial charge in [-0.2, -0.15) is 0 Å². The third-order valence-corrected chi connectivity index (χ3v) is 11.1. The van der Waals surface area contributed by atoms with E-state index >= 15 is 0 Å². The molecule has 3 fully saturated rings. The monoisotopic (exact) mass is 430 g/mol. The van der Waals surface area contributed by atoms with Crippen LogP contribution in [0, 0.1) is 52.3 Å². The first kappa shape index (κ1) is 23.5. The Morgan fingerprint density at radius 3 is 2.48 bits per heavy atom. The largest absolute Gasteiger partial charge is 0.295 e. The maximum absolute atomic E-state index is 12.2. The van der Waals surface area contributed by atoms with Gasteiger partial charge in [0.25, 0.3) is 0 Å². The van der Waals surface area contributed by atoms with Crippen LogP contribution in [0.5, 0.6) is 0 Å². The van der Waals surface area contributed by atoms with E-state index in [0.29, 0.717) is 23.7 Å². The highest BCUT2D eigenvalue weighted by Gasteiger charge is 2.61. The molecule has 176 valence electrons. The van der Waals surface area contributed by atoms with Gasteiger partial charge in [0, 0.05) is 6.42 Å². The second-order valence-electron chi connectivity index (χ2n) is 12.7. The Labute approximate surface area is 190 Å². The molecule has 1 N–H and O–H groups in total. The molecule has 31 heavy (non-hydrogen) atoms. The second-order valence-corrected chi connectivity index (χ2v) is 12.7. The van der Waals surface area contributed by atoms with Crippen LogP contribution in [0.15, 0.2) is 11.6 Å². The molecule has 0 aromatic heterocycles. The zero-order valence-corrected chi connectivity index (χ0v) is 20.8. The maximum atomic E-state index is 12.2. The molecule has 3 heteroatoms. The Kier molecular flexibility index (Phi) is 6.51. The van der Waals surface area contributed by atoms with E-state index in [4.69, 9.17) is 4.89 Å². The molecule has 0 spiro atoms. The maximum Gasteiger partial charge on any atom is 0.155 e. The molecule has 3 saturated carbocycles. The lowest BCUT2D eigenvalue weighted by molar-refractivity contribution is -0.285. The molecule has 3 nitrogen and oxygen atoms in total. The van der Waals surface area contributed by atoms with Crippen molar-refractivity contribution in [3.8, 4) is 0 Å². The highest BCUT2D eigenvalue weighted by atomic mass is 17.1. The summed E-state index contributed by atoms with van der Waals surface area (Å²) in [6.07, 6.45) is 12.0. The van der Waals surface area contributed by atoms with Crippen LogP contribution in [0.25, 0.3) is 0 Å². The van der Waals surface area contributed by atoms with Gasteiger partial charge < -0.3 is 0 Å². The van der Waals surface area contributed by atoms with Crippen LogP contribution in [-0.4, -0.2) is 17.1 Å². The van der Waals surface area contributed by atoms with Gasteiger partial charge in [-0.3, -0.25) is 10.1 Å². The minimum atomic E-state index is -0.291. The zero-order valence-electron chi connectivity index (χ0n) is 20.8. The van der Waals surface area contributed by atoms with Crippen molar-refractivity contribution in [3.05, 3.63) is 11.6 Å². The summed E-state index contributed by atoms with van der Waals surface area (Å²) in [5.74, 6) is 5.38. The smallest absolute Gasteiger partial charge is 0.155 e. The summed E-state index contributed by atoms with van der Waals surface area (Å²) in [5.41, 5.74) is 1.52. The minimum Gasteiger partial charge on any atom is -0.295 e. The molecule has 0 bridgehead atoms. The average Bonchev–Trinajstić information content (AvgIpc) is 3.09. The molecular weight excluding hydrogens is 384 g/mol. The Morgan fingerprint density at radius 2 is 1.81 bits per heavy atom. The first-order chi connectivity index (χ1) is 14.6. The second kappa shape index (κ2) is 8.60. The predicted octanol–water partition coefficient (Wildman–Crippen LogP) is 7.31. The summed E-state index contributed by atoms with van der Waals surface area (Å²) in [6.45, 7) is 14.6. The lowest BCUT2D eigenvalue weighted by Gasteiger charge is -2.59. The van der Waals surface area contributed by atoms with E-state index in [1.54, 1.807) is 0 Å². The van der Waals surface area contributed by atoms with Crippen LogP contribution in [0.1, 0.15) is 99.3 Å².